The summed E-state index contributed by atoms with van der Waals surface area (Å²) < 4.78 is 0. The van der Waals surface area contributed by atoms with E-state index in [-0.39, 0.29) is 25.0 Å². The number of carbonyl (C=O) groups excluding carboxylic acids is 2. The molecule has 2 amide bonds. The number of hydrogen-bond donors (Lipinski definition) is 1. The zero-order valence-corrected chi connectivity index (χ0v) is 12.1. The lowest BCUT2D eigenvalue weighted by Gasteiger charge is -2.20. The first-order valence-corrected chi connectivity index (χ1v) is 6.88. The van der Waals surface area contributed by atoms with Gasteiger partial charge in [-0.2, -0.15) is 0 Å². The first-order chi connectivity index (χ1) is 9.54. The van der Waals surface area contributed by atoms with E-state index in [9.17, 15) is 9.59 Å². The molecule has 1 fully saturated rings. The lowest BCUT2D eigenvalue weighted by Crippen LogP contribution is -2.30. The summed E-state index contributed by atoms with van der Waals surface area (Å²) >= 11 is 6.06. The molecule has 0 atom stereocenters. The largest absolute Gasteiger partial charge is 0.395 e. The molecule has 0 spiro atoms. The van der Waals surface area contributed by atoms with Crippen molar-refractivity contribution < 1.29 is 14.7 Å². The molecular weight excluding hydrogens is 280 g/mol. The van der Waals surface area contributed by atoms with E-state index in [0.29, 0.717) is 29.2 Å². The predicted octanol–water partition coefficient (Wildman–Crippen LogP) is 1.53. The lowest BCUT2D eigenvalue weighted by molar-refractivity contribution is -0.117. The molecule has 0 aliphatic carbocycles. The Morgan fingerprint density at radius 1 is 1.50 bits per heavy atom. The second-order valence-corrected chi connectivity index (χ2v) is 5.17. The van der Waals surface area contributed by atoms with Gasteiger partial charge in [-0.15, -0.1) is 0 Å². The van der Waals surface area contributed by atoms with Crippen molar-refractivity contribution in [3.8, 4) is 0 Å². The Morgan fingerprint density at radius 2 is 2.25 bits per heavy atom. The Bertz CT molecular complexity index is 533. The van der Waals surface area contributed by atoms with Crippen LogP contribution in [0.25, 0.3) is 0 Å². The first kappa shape index (κ1) is 14.8. The molecule has 1 aliphatic heterocycles. The van der Waals surface area contributed by atoms with E-state index >= 15 is 0 Å². The number of aliphatic hydroxyl groups excluding tert-OH is 1. The predicted molar refractivity (Wildman–Crippen MR) is 77.1 cm³/mol. The van der Waals surface area contributed by atoms with Crippen LogP contribution in [0.1, 0.15) is 23.2 Å². The summed E-state index contributed by atoms with van der Waals surface area (Å²) in [5.74, 6) is -0.202. The molecule has 2 rings (SSSR count). The van der Waals surface area contributed by atoms with Gasteiger partial charge in [-0.05, 0) is 24.6 Å². The minimum absolute atomic E-state index is 0.0643. The van der Waals surface area contributed by atoms with E-state index in [1.54, 1.807) is 30.1 Å². The fraction of sp³-hybridized carbons (Fsp3) is 0.429. The molecule has 1 N–H and O–H groups in total. The minimum atomic E-state index is -0.266. The number of amides is 2. The molecule has 0 bridgehead atoms. The average Bonchev–Trinajstić information content (AvgIpc) is 2.85. The summed E-state index contributed by atoms with van der Waals surface area (Å²) in [4.78, 5) is 27.0. The molecule has 20 heavy (non-hydrogen) atoms. The summed E-state index contributed by atoms with van der Waals surface area (Å²) in [5.41, 5.74) is 1.04. The van der Waals surface area contributed by atoms with Crippen molar-refractivity contribution in [2.75, 3.05) is 31.6 Å². The van der Waals surface area contributed by atoms with Crippen LogP contribution in [0, 0.1) is 0 Å². The van der Waals surface area contributed by atoms with Crippen LogP contribution in [-0.4, -0.2) is 48.6 Å². The van der Waals surface area contributed by atoms with Gasteiger partial charge in [-0.25, -0.2) is 0 Å². The van der Waals surface area contributed by atoms with Gasteiger partial charge >= 0.3 is 0 Å². The molecule has 5 nitrogen and oxygen atoms in total. The summed E-state index contributed by atoms with van der Waals surface area (Å²) in [6, 6.07) is 5.01. The Kier molecular flexibility index (Phi) is 4.62. The average molecular weight is 297 g/mol. The van der Waals surface area contributed by atoms with Crippen LogP contribution >= 0.6 is 11.6 Å². The molecular formula is C14H17ClN2O3. The van der Waals surface area contributed by atoms with Gasteiger partial charge in [0, 0.05) is 32.2 Å². The molecule has 1 aromatic carbocycles. The molecule has 1 aromatic rings. The lowest BCUT2D eigenvalue weighted by atomic mass is 10.1. The number of halogens is 1. The number of rotatable bonds is 4. The molecule has 0 unspecified atom stereocenters. The van der Waals surface area contributed by atoms with Crippen LogP contribution in [0.5, 0.6) is 0 Å². The monoisotopic (exact) mass is 296 g/mol. The van der Waals surface area contributed by atoms with E-state index in [1.807, 2.05) is 0 Å². The third-order valence-corrected chi connectivity index (χ3v) is 3.68. The summed E-state index contributed by atoms with van der Waals surface area (Å²) in [6.45, 7) is 0.798. The van der Waals surface area contributed by atoms with Crippen molar-refractivity contribution >= 4 is 29.1 Å². The number of benzene rings is 1. The van der Waals surface area contributed by atoms with Crippen molar-refractivity contribution in [1.29, 1.82) is 0 Å². The van der Waals surface area contributed by atoms with Crippen molar-refractivity contribution in [3.05, 3.63) is 28.8 Å². The van der Waals surface area contributed by atoms with Crippen LogP contribution in [0.2, 0.25) is 5.02 Å². The van der Waals surface area contributed by atoms with Crippen molar-refractivity contribution in [2.45, 2.75) is 12.8 Å². The number of carbonyl (C=O) groups is 2. The number of likely N-dealkylation sites (N-methyl/N-ethyl adjacent to an activating group) is 1. The van der Waals surface area contributed by atoms with Crippen LogP contribution in [0.3, 0.4) is 0 Å². The fourth-order valence-corrected chi connectivity index (χ4v) is 2.42. The van der Waals surface area contributed by atoms with Crippen LogP contribution in [-0.2, 0) is 4.79 Å². The number of nitrogens with zero attached hydrogens (tertiary/aromatic N) is 2. The molecule has 1 heterocycles. The SMILES string of the molecule is CN(CCO)C(=O)c1cc(N2CCCC2=O)ccc1Cl. The molecule has 6 heteroatoms. The topological polar surface area (TPSA) is 60.9 Å². The van der Waals surface area contributed by atoms with Gasteiger partial charge in [-0.1, -0.05) is 11.6 Å². The van der Waals surface area contributed by atoms with E-state index in [4.69, 9.17) is 16.7 Å². The molecule has 0 aromatic heterocycles. The summed E-state index contributed by atoms with van der Waals surface area (Å²) in [7, 11) is 1.60. The van der Waals surface area contributed by atoms with Crippen LogP contribution < -0.4 is 4.90 Å². The molecule has 0 saturated carbocycles. The first-order valence-electron chi connectivity index (χ1n) is 6.51. The van der Waals surface area contributed by atoms with E-state index < -0.39 is 0 Å². The Morgan fingerprint density at radius 3 is 2.85 bits per heavy atom. The van der Waals surface area contributed by atoms with E-state index in [2.05, 4.69) is 0 Å². The van der Waals surface area contributed by atoms with Gasteiger partial charge in [0.25, 0.3) is 5.91 Å². The maximum Gasteiger partial charge on any atom is 0.255 e. The highest BCUT2D eigenvalue weighted by molar-refractivity contribution is 6.34. The van der Waals surface area contributed by atoms with Crippen LogP contribution in [0.15, 0.2) is 18.2 Å². The normalized spacial score (nSPS) is 14.8. The summed E-state index contributed by atoms with van der Waals surface area (Å²) in [5, 5.41) is 9.23. The van der Waals surface area contributed by atoms with Crippen molar-refractivity contribution in [3.63, 3.8) is 0 Å². The van der Waals surface area contributed by atoms with Crippen molar-refractivity contribution in [2.24, 2.45) is 0 Å². The second-order valence-electron chi connectivity index (χ2n) is 4.76. The third-order valence-electron chi connectivity index (χ3n) is 3.35. The Hall–Kier alpha value is -1.59. The third kappa shape index (κ3) is 2.94. The van der Waals surface area contributed by atoms with E-state index in [1.165, 1.54) is 4.90 Å². The second kappa shape index (κ2) is 6.24. The quantitative estimate of drug-likeness (QED) is 0.916. The standard InChI is InChI=1S/C14H17ClN2O3/c1-16(7-8-18)14(20)11-9-10(4-5-12(11)15)17-6-2-3-13(17)19/h4-5,9,18H,2-3,6-8H2,1H3. The highest BCUT2D eigenvalue weighted by atomic mass is 35.5. The van der Waals surface area contributed by atoms with Crippen molar-refractivity contribution in [1.82, 2.24) is 4.90 Å². The minimum Gasteiger partial charge on any atom is -0.395 e. The fourth-order valence-electron chi connectivity index (χ4n) is 2.22. The van der Waals surface area contributed by atoms with Gasteiger partial charge in [0.1, 0.15) is 0 Å². The molecule has 1 aliphatic rings. The van der Waals surface area contributed by atoms with Gasteiger partial charge < -0.3 is 14.9 Å². The number of hydrogen-bond acceptors (Lipinski definition) is 3. The van der Waals surface area contributed by atoms with Gasteiger partial charge in [0.05, 0.1) is 17.2 Å². The smallest absolute Gasteiger partial charge is 0.255 e. The Labute approximate surface area is 122 Å². The van der Waals surface area contributed by atoms with Gasteiger partial charge in [0.2, 0.25) is 5.91 Å². The molecule has 1 saturated heterocycles. The summed E-state index contributed by atoms with van der Waals surface area (Å²) in [6.07, 6.45) is 1.37. The van der Waals surface area contributed by atoms with Gasteiger partial charge in [0.15, 0.2) is 0 Å². The number of aliphatic hydroxyl groups is 1. The Balaban J connectivity index is 2.29. The zero-order valence-electron chi connectivity index (χ0n) is 11.3. The van der Waals surface area contributed by atoms with Crippen LogP contribution in [0.4, 0.5) is 5.69 Å². The maximum absolute atomic E-state index is 12.2. The maximum atomic E-state index is 12.2. The highest BCUT2D eigenvalue weighted by Gasteiger charge is 2.23. The number of anilines is 1. The molecule has 0 radical (unpaired) electrons. The van der Waals surface area contributed by atoms with E-state index in [0.717, 1.165) is 6.42 Å². The zero-order chi connectivity index (χ0) is 14.7. The van der Waals surface area contributed by atoms with Gasteiger partial charge in [-0.3, -0.25) is 9.59 Å². The molecule has 108 valence electrons. The highest BCUT2D eigenvalue weighted by Crippen LogP contribution is 2.27.